The number of ether oxygens (including phenoxy) is 1. The predicted octanol–water partition coefficient (Wildman–Crippen LogP) is 2.68. The fourth-order valence-corrected chi connectivity index (χ4v) is 4.51. The molecule has 4 rings (SSSR count). The normalized spacial score (nSPS) is 17.2. The minimum Gasteiger partial charge on any atom is -0.494 e. The summed E-state index contributed by atoms with van der Waals surface area (Å²) in [6.07, 6.45) is 4.88. The second kappa shape index (κ2) is 11.4. The average molecular weight is 497 g/mol. The molecular weight excluding hydrogens is 464 g/mol. The molecule has 1 aromatic carbocycles. The fourth-order valence-electron chi connectivity index (χ4n) is 4.51. The molecule has 36 heavy (non-hydrogen) atoms. The van der Waals surface area contributed by atoms with E-state index in [0.717, 1.165) is 31.2 Å². The molecular formula is C26H32N4O6. The molecule has 1 atom stereocenters. The van der Waals surface area contributed by atoms with E-state index in [0.29, 0.717) is 55.4 Å². The van der Waals surface area contributed by atoms with Crippen LogP contribution in [0.5, 0.6) is 5.75 Å². The molecule has 0 bridgehead atoms. The summed E-state index contributed by atoms with van der Waals surface area (Å²) in [6, 6.07) is 4.74. The Bertz CT molecular complexity index is 1160. The summed E-state index contributed by atoms with van der Waals surface area (Å²) in [7, 11) is 0. The van der Waals surface area contributed by atoms with Crippen molar-refractivity contribution in [2.45, 2.75) is 71.4 Å². The highest BCUT2D eigenvalue weighted by molar-refractivity contribution is 6.05. The number of aryl methyl sites for hydroxylation is 2. The van der Waals surface area contributed by atoms with Gasteiger partial charge in [-0.05, 0) is 49.9 Å². The summed E-state index contributed by atoms with van der Waals surface area (Å²) >= 11 is 0. The van der Waals surface area contributed by atoms with Gasteiger partial charge in [0.25, 0.3) is 11.8 Å². The van der Waals surface area contributed by atoms with Gasteiger partial charge in [0.05, 0.1) is 12.3 Å². The standard InChI is InChI=1S/C26H32N4O6/c1-3-22-28-16(2)23(36-22)25(33)27-12-6-4-5-7-13-35-18-8-9-19-17(14-18)15-30(26(19)34)20-10-11-21(31)29-24(20)32/h8-9,14,20H,3-7,10-13,15H2,1-2H3,(H,27,33)(H,29,31,32). The first-order valence-corrected chi connectivity index (χ1v) is 12.5. The smallest absolute Gasteiger partial charge is 0.289 e. The summed E-state index contributed by atoms with van der Waals surface area (Å²) in [5, 5.41) is 5.19. The highest BCUT2D eigenvalue weighted by Crippen LogP contribution is 2.30. The van der Waals surface area contributed by atoms with Crippen LogP contribution < -0.4 is 15.4 Å². The van der Waals surface area contributed by atoms with Gasteiger partial charge in [0.2, 0.25) is 17.6 Å². The van der Waals surface area contributed by atoms with Crippen LogP contribution in [-0.2, 0) is 22.6 Å². The summed E-state index contributed by atoms with van der Waals surface area (Å²) in [5.41, 5.74) is 2.01. The molecule has 2 aromatic rings. The maximum Gasteiger partial charge on any atom is 0.289 e. The number of hydrogen-bond acceptors (Lipinski definition) is 7. The van der Waals surface area contributed by atoms with Crippen LogP contribution in [0.3, 0.4) is 0 Å². The molecule has 2 N–H and O–H groups in total. The molecule has 3 heterocycles. The van der Waals surface area contributed by atoms with E-state index < -0.39 is 11.9 Å². The van der Waals surface area contributed by atoms with E-state index >= 15 is 0 Å². The van der Waals surface area contributed by atoms with Gasteiger partial charge in [-0.1, -0.05) is 19.8 Å². The molecule has 0 aliphatic carbocycles. The van der Waals surface area contributed by atoms with Gasteiger partial charge >= 0.3 is 0 Å². The summed E-state index contributed by atoms with van der Waals surface area (Å²) in [4.78, 5) is 54.3. The van der Waals surface area contributed by atoms with Crippen LogP contribution in [0.25, 0.3) is 0 Å². The zero-order valence-corrected chi connectivity index (χ0v) is 20.7. The fraction of sp³-hybridized carbons (Fsp3) is 0.500. The zero-order valence-electron chi connectivity index (χ0n) is 20.7. The molecule has 10 nitrogen and oxygen atoms in total. The lowest BCUT2D eigenvalue weighted by Crippen LogP contribution is -2.52. The molecule has 1 unspecified atom stereocenters. The number of carbonyl (C=O) groups is 4. The molecule has 1 saturated heterocycles. The van der Waals surface area contributed by atoms with Crippen molar-refractivity contribution in [3.05, 3.63) is 46.7 Å². The summed E-state index contributed by atoms with van der Waals surface area (Å²) < 4.78 is 11.3. The Balaban J connectivity index is 1.14. The third-order valence-corrected chi connectivity index (χ3v) is 6.47. The van der Waals surface area contributed by atoms with Gasteiger partial charge < -0.3 is 19.4 Å². The topological polar surface area (TPSA) is 131 Å². The van der Waals surface area contributed by atoms with Gasteiger partial charge in [-0.15, -0.1) is 0 Å². The van der Waals surface area contributed by atoms with Crippen LogP contribution in [0.4, 0.5) is 0 Å². The number of carbonyl (C=O) groups excluding carboxylic acids is 4. The molecule has 1 fully saturated rings. The van der Waals surface area contributed by atoms with Crippen LogP contribution in [0.2, 0.25) is 0 Å². The number of unbranched alkanes of at least 4 members (excludes halogenated alkanes) is 3. The average Bonchev–Trinajstić information content (AvgIpc) is 3.40. The number of nitrogens with one attached hydrogen (secondary N) is 2. The first-order chi connectivity index (χ1) is 17.4. The predicted molar refractivity (Wildman–Crippen MR) is 129 cm³/mol. The SMILES string of the molecule is CCc1nc(C)c(C(=O)NCCCCCCOc2ccc3c(c2)CN(C2CCC(=O)NC2=O)C3=O)o1. The van der Waals surface area contributed by atoms with Crippen molar-refractivity contribution >= 4 is 23.6 Å². The molecule has 0 saturated carbocycles. The Kier molecular flexibility index (Phi) is 8.02. The first-order valence-electron chi connectivity index (χ1n) is 12.5. The lowest BCUT2D eigenvalue weighted by atomic mass is 10.0. The van der Waals surface area contributed by atoms with Crippen molar-refractivity contribution in [2.24, 2.45) is 0 Å². The van der Waals surface area contributed by atoms with E-state index in [9.17, 15) is 19.2 Å². The minimum absolute atomic E-state index is 0.192. The van der Waals surface area contributed by atoms with Gasteiger partial charge in [-0.2, -0.15) is 0 Å². The minimum atomic E-state index is -0.620. The Labute approximate surface area is 209 Å². The molecule has 0 radical (unpaired) electrons. The van der Waals surface area contributed by atoms with Gasteiger partial charge in [0, 0.05) is 31.5 Å². The number of piperidine rings is 1. The van der Waals surface area contributed by atoms with E-state index in [-0.39, 0.29) is 29.9 Å². The van der Waals surface area contributed by atoms with Crippen molar-refractivity contribution in [2.75, 3.05) is 13.2 Å². The Hall–Kier alpha value is -3.69. The highest BCUT2D eigenvalue weighted by Gasteiger charge is 2.39. The number of nitrogens with zero attached hydrogens (tertiary/aromatic N) is 2. The van der Waals surface area contributed by atoms with Crippen molar-refractivity contribution in [1.29, 1.82) is 0 Å². The van der Waals surface area contributed by atoms with Crippen LogP contribution in [0, 0.1) is 6.92 Å². The number of imide groups is 1. The second-order valence-corrected chi connectivity index (χ2v) is 9.11. The highest BCUT2D eigenvalue weighted by atomic mass is 16.5. The second-order valence-electron chi connectivity index (χ2n) is 9.11. The Morgan fingerprint density at radius 2 is 2.03 bits per heavy atom. The zero-order chi connectivity index (χ0) is 25.7. The van der Waals surface area contributed by atoms with E-state index in [2.05, 4.69) is 15.6 Å². The van der Waals surface area contributed by atoms with E-state index in [1.54, 1.807) is 19.1 Å². The Morgan fingerprint density at radius 3 is 2.78 bits per heavy atom. The number of hydrogen-bond donors (Lipinski definition) is 2. The third-order valence-electron chi connectivity index (χ3n) is 6.47. The monoisotopic (exact) mass is 496 g/mol. The van der Waals surface area contributed by atoms with Gasteiger partial charge in [0.1, 0.15) is 11.8 Å². The molecule has 10 heteroatoms. The lowest BCUT2D eigenvalue weighted by Gasteiger charge is -2.29. The van der Waals surface area contributed by atoms with Crippen molar-refractivity contribution in [3.8, 4) is 5.75 Å². The van der Waals surface area contributed by atoms with Crippen LogP contribution in [-0.4, -0.2) is 52.7 Å². The third kappa shape index (κ3) is 5.75. The number of oxazole rings is 1. The number of benzene rings is 1. The van der Waals surface area contributed by atoms with Gasteiger partial charge in [0.15, 0.2) is 5.89 Å². The van der Waals surface area contributed by atoms with E-state index in [4.69, 9.17) is 9.15 Å². The molecule has 2 aliphatic heterocycles. The molecule has 4 amide bonds. The van der Waals surface area contributed by atoms with Gasteiger partial charge in [-0.25, -0.2) is 4.98 Å². The van der Waals surface area contributed by atoms with E-state index in [1.165, 1.54) is 4.90 Å². The maximum atomic E-state index is 12.8. The molecule has 192 valence electrons. The van der Waals surface area contributed by atoms with Crippen LogP contribution >= 0.6 is 0 Å². The van der Waals surface area contributed by atoms with Crippen molar-refractivity contribution in [3.63, 3.8) is 0 Å². The summed E-state index contributed by atoms with van der Waals surface area (Å²) in [6.45, 7) is 5.15. The largest absolute Gasteiger partial charge is 0.494 e. The number of rotatable bonds is 11. The van der Waals surface area contributed by atoms with Gasteiger partial charge in [-0.3, -0.25) is 24.5 Å². The Morgan fingerprint density at radius 1 is 1.22 bits per heavy atom. The maximum absolute atomic E-state index is 12.8. The first kappa shape index (κ1) is 25.4. The quantitative estimate of drug-likeness (QED) is 0.361. The van der Waals surface area contributed by atoms with Crippen LogP contribution in [0.1, 0.15) is 83.5 Å². The number of aromatic nitrogens is 1. The van der Waals surface area contributed by atoms with Crippen molar-refractivity contribution < 1.29 is 28.3 Å². The van der Waals surface area contributed by atoms with E-state index in [1.807, 2.05) is 13.0 Å². The number of fused-ring (bicyclic) bond motifs is 1. The summed E-state index contributed by atoms with van der Waals surface area (Å²) in [5.74, 6) is 0.412. The molecule has 0 spiro atoms. The van der Waals surface area contributed by atoms with Crippen LogP contribution in [0.15, 0.2) is 22.6 Å². The molecule has 1 aromatic heterocycles. The molecule has 2 aliphatic rings. The lowest BCUT2D eigenvalue weighted by molar-refractivity contribution is -0.136. The number of amides is 4. The van der Waals surface area contributed by atoms with Crippen molar-refractivity contribution in [1.82, 2.24) is 20.5 Å².